The molecule has 0 saturated heterocycles. The molecule has 1 aliphatic carbocycles. The van der Waals surface area contributed by atoms with Gasteiger partial charge in [0.25, 0.3) is 0 Å². The standard InChI is InChI=1S/C15H22N2/c1-4-13-11-5-7-15(2,3)12-6-9-17(14(11)12)10-8-16-13/h5-6,9,13,16H,4,7-8,10H2,1-3H3. The maximum atomic E-state index is 3.66. The van der Waals surface area contributed by atoms with Crippen molar-refractivity contribution in [3.63, 3.8) is 0 Å². The van der Waals surface area contributed by atoms with E-state index in [1.54, 1.807) is 0 Å². The first-order chi connectivity index (χ1) is 8.13. The van der Waals surface area contributed by atoms with Crippen molar-refractivity contribution in [2.45, 2.75) is 51.6 Å². The van der Waals surface area contributed by atoms with E-state index in [9.17, 15) is 0 Å². The average molecular weight is 230 g/mol. The second-order valence-corrected chi connectivity index (χ2v) is 5.93. The van der Waals surface area contributed by atoms with Gasteiger partial charge in [0.2, 0.25) is 0 Å². The van der Waals surface area contributed by atoms with Gasteiger partial charge >= 0.3 is 0 Å². The quantitative estimate of drug-likeness (QED) is 0.785. The van der Waals surface area contributed by atoms with Crippen LogP contribution in [0.4, 0.5) is 0 Å². The number of hydrogen-bond acceptors (Lipinski definition) is 1. The Morgan fingerprint density at radius 3 is 3.06 bits per heavy atom. The summed E-state index contributed by atoms with van der Waals surface area (Å²) in [6.07, 6.45) is 7.07. The summed E-state index contributed by atoms with van der Waals surface area (Å²) in [6.45, 7) is 9.17. The third kappa shape index (κ3) is 1.58. The highest BCUT2D eigenvalue weighted by molar-refractivity contribution is 5.73. The Balaban J connectivity index is 2.17. The molecule has 1 atom stereocenters. The predicted octanol–water partition coefficient (Wildman–Crippen LogP) is 2.93. The minimum absolute atomic E-state index is 0.298. The van der Waals surface area contributed by atoms with E-state index in [1.807, 2.05) is 0 Å². The van der Waals surface area contributed by atoms with Crippen molar-refractivity contribution in [3.8, 4) is 0 Å². The van der Waals surface area contributed by atoms with Gasteiger partial charge in [-0.3, -0.25) is 0 Å². The second kappa shape index (κ2) is 3.74. The number of hydrogen-bond donors (Lipinski definition) is 1. The largest absolute Gasteiger partial charge is 0.346 e. The van der Waals surface area contributed by atoms with Crippen LogP contribution in [0.25, 0.3) is 5.57 Å². The van der Waals surface area contributed by atoms with Crippen molar-refractivity contribution >= 4 is 5.57 Å². The Morgan fingerprint density at radius 1 is 1.47 bits per heavy atom. The Morgan fingerprint density at radius 2 is 2.29 bits per heavy atom. The first-order valence-corrected chi connectivity index (χ1v) is 6.77. The molecule has 17 heavy (non-hydrogen) atoms. The van der Waals surface area contributed by atoms with Gasteiger partial charge in [-0.15, -0.1) is 0 Å². The van der Waals surface area contributed by atoms with Crippen LogP contribution in [0.5, 0.6) is 0 Å². The summed E-state index contributed by atoms with van der Waals surface area (Å²) < 4.78 is 2.44. The van der Waals surface area contributed by atoms with Gasteiger partial charge in [-0.25, -0.2) is 0 Å². The fourth-order valence-corrected chi connectivity index (χ4v) is 3.24. The van der Waals surface area contributed by atoms with Crippen LogP contribution in [0, 0.1) is 0 Å². The fourth-order valence-electron chi connectivity index (χ4n) is 3.24. The van der Waals surface area contributed by atoms with Crippen molar-refractivity contribution < 1.29 is 0 Å². The number of aromatic nitrogens is 1. The lowest BCUT2D eigenvalue weighted by atomic mass is 9.75. The lowest BCUT2D eigenvalue weighted by Crippen LogP contribution is -2.31. The molecule has 0 aromatic carbocycles. The average Bonchev–Trinajstić information content (AvgIpc) is 2.64. The van der Waals surface area contributed by atoms with E-state index in [2.05, 4.69) is 49.0 Å². The highest BCUT2D eigenvalue weighted by atomic mass is 15.1. The zero-order chi connectivity index (χ0) is 12.0. The third-order valence-corrected chi connectivity index (χ3v) is 4.33. The van der Waals surface area contributed by atoms with E-state index in [4.69, 9.17) is 0 Å². The zero-order valence-electron chi connectivity index (χ0n) is 11.1. The Hall–Kier alpha value is -1.02. The normalized spacial score (nSPS) is 26.1. The molecule has 3 rings (SSSR count). The van der Waals surface area contributed by atoms with Crippen LogP contribution in [0.1, 0.15) is 44.9 Å². The van der Waals surface area contributed by atoms with Crippen molar-refractivity contribution in [1.29, 1.82) is 0 Å². The maximum absolute atomic E-state index is 3.66. The van der Waals surface area contributed by atoms with Crippen LogP contribution in [0.15, 0.2) is 18.3 Å². The van der Waals surface area contributed by atoms with Crippen LogP contribution in [-0.2, 0) is 12.0 Å². The van der Waals surface area contributed by atoms with E-state index in [0.29, 0.717) is 11.5 Å². The van der Waals surface area contributed by atoms with Crippen molar-refractivity contribution in [2.24, 2.45) is 0 Å². The summed E-state index contributed by atoms with van der Waals surface area (Å²) in [5.74, 6) is 0. The topological polar surface area (TPSA) is 17.0 Å². The smallest absolute Gasteiger partial charge is 0.0490 e. The molecular weight excluding hydrogens is 208 g/mol. The van der Waals surface area contributed by atoms with E-state index in [1.165, 1.54) is 23.3 Å². The van der Waals surface area contributed by atoms with Crippen LogP contribution in [0.3, 0.4) is 0 Å². The maximum Gasteiger partial charge on any atom is 0.0490 e. The van der Waals surface area contributed by atoms with Crippen LogP contribution in [0.2, 0.25) is 0 Å². The Bertz CT molecular complexity index is 465. The SMILES string of the molecule is CCC1NCCn2ccc3c2C1=CCC3(C)C. The number of allylic oxidation sites excluding steroid dienone is 1. The van der Waals surface area contributed by atoms with E-state index >= 15 is 0 Å². The van der Waals surface area contributed by atoms with Gasteiger partial charge in [0.1, 0.15) is 0 Å². The van der Waals surface area contributed by atoms with Crippen LogP contribution >= 0.6 is 0 Å². The van der Waals surface area contributed by atoms with Crippen LogP contribution < -0.4 is 5.32 Å². The van der Waals surface area contributed by atoms with Gasteiger partial charge in [-0.2, -0.15) is 0 Å². The molecule has 1 unspecified atom stereocenters. The van der Waals surface area contributed by atoms with Gasteiger partial charge < -0.3 is 9.88 Å². The molecule has 1 aromatic heterocycles. The predicted molar refractivity (Wildman–Crippen MR) is 72.1 cm³/mol. The molecule has 0 radical (unpaired) electrons. The first kappa shape index (κ1) is 11.1. The summed E-state index contributed by atoms with van der Waals surface area (Å²) in [4.78, 5) is 0. The lowest BCUT2D eigenvalue weighted by molar-refractivity contribution is 0.521. The Labute approximate surface area is 104 Å². The highest BCUT2D eigenvalue weighted by Crippen LogP contribution is 2.41. The molecule has 2 heterocycles. The van der Waals surface area contributed by atoms with Crippen molar-refractivity contribution in [3.05, 3.63) is 29.6 Å². The molecule has 0 amide bonds. The fraction of sp³-hybridized carbons (Fsp3) is 0.600. The van der Waals surface area contributed by atoms with Gasteiger partial charge in [0.05, 0.1) is 0 Å². The zero-order valence-corrected chi connectivity index (χ0v) is 11.1. The Kier molecular flexibility index (Phi) is 2.44. The van der Waals surface area contributed by atoms with Crippen LogP contribution in [-0.4, -0.2) is 17.2 Å². The summed E-state index contributed by atoms with van der Waals surface area (Å²) in [5.41, 5.74) is 4.87. The van der Waals surface area contributed by atoms with Gasteiger partial charge in [-0.1, -0.05) is 26.8 Å². The molecule has 0 saturated carbocycles. The molecule has 0 fully saturated rings. The summed E-state index contributed by atoms with van der Waals surface area (Å²) in [6, 6.07) is 2.88. The molecule has 0 spiro atoms. The number of nitrogens with one attached hydrogen (secondary N) is 1. The van der Waals surface area contributed by atoms with E-state index < -0.39 is 0 Å². The molecule has 92 valence electrons. The summed E-state index contributed by atoms with van der Waals surface area (Å²) in [5, 5.41) is 3.66. The first-order valence-electron chi connectivity index (χ1n) is 6.77. The summed E-state index contributed by atoms with van der Waals surface area (Å²) >= 11 is 0. The van der Waals surface area contributed by atoms with E-state index in [0.717, 1.165) is 19.5 Å². The number of rotatable bonds is 1. The van der Waals surface area contributed by atoms with Crippen molar-refractivity contribution in [2.75, 3.05) is 6.54 Å². The molecule has 2 heteroatoms. The van der Waals surface area contributed by atoms with E-state index in [-0.39, 0.29) is 0 Å². The van der Waals surface area contributed by atoms with Gasteiger partial charge in [0, 0.05) is 31.0 Å². The molecular formula is C15H22N2. The molecule has 0 bridgehead atoms. The van der Waals surface area contributed by atoms with Crippen molar-refractivity contribution in [1.82, 2.24) is 9.88 Å². The lowest BCUT2D eigenvalue weighted by Gasteiger charge is -2.32. The number of nitrogens with zero attached hydrogens (tertiary/aromatic N) is 1. The van der Waals surface area contributed by atoms with Gasteiger partial charge in [-0.05, 0) is 35.5 Å². The third-order valence-electron chi connectivity index (χ3n) is 4.33. The van der Waals surface area contributed by atoms with Gasteiger partial charge in [0.15, 0.2) is 0 Å². The second-order valence-electron chi connectivity index (χ2n) is 5.93. The highest BCUT2D eigenvalue weighted by Gasteiger charge is 2.33. The molecule has 1 N–H and O–H groups in total. The minimum atomic E-state index is 0.298. The minimum Gasteiger partial charge on any atom is -0.346 e. The monoisotopic (exact) mass is 230 g/mol. The molecule has 2 nitrogen and oxygen atoms in total. The summed E-state index contributed by atoms with van der Waals surface area (Å²) in [7, 11) is 0. The molecule has 2 aliphatic rings. The molecule has 1 aromatic rings. The molecule has 1 aliphatic heterocycles.